The molecule has 1 aromatic heterocycles. The maximum absolute atomic E-state index is 12.5. The zero-order valence-electron chi connectivity index (χ0n) is 11.7. The summed E-state index contributed by atoms with van der Waals surface area (Å²) in [4.78, 5) is 4.14. The Labute approximate surface area is 133 Å². The second-order valence-electron chi connectivity index (χ2n) is 5.65. The van der Waals surface area contributed by atoms with E-state index in [4.69, 9.17) is 4.74 Å². The standard InChI is InChI=1S/C14H19BrN2O3S/c15-13-7-4-8-16-14(13)20-11-9-17(10-11)21(18,19)12-5-2-1-3-6-12/h4,7-8,11-12H,1-3,5-6,9-10H2. The molecule has 0 unspecified atom stereocenters. The minimum atomic E-state index is -3.14. The number of hydrogen-bond donors (Lipinski definition) is 0. The minimum Gasteiger partial charge on any atom is -0.471 e. The van der Waals surface area contributed by atoms with E-state index in [1.807, 2.05) is 12.1 Å². The van der Waals surface area contributed by atoms with Gasteiger partial charge in [0.05, 0.1) is 22.8 Å². The van der Waals surface area contributed by atoms with Crippen LogP contribution < -0.4 is 4.74 Å². The Morgan fingerprint density at radius 2 is 1.95 bits per heavy atom. The van der Waals surface area contributed by atoms with Gasteiger partial charge in [-0.2, -0.15) is 4.31 Å². The van der Waals surface area contributed by atoms with Gasteiger partial charge in [0, 0.05) is 6.20 Å². The van der Waals surface area contributed by atoms with E-state index in [9.17, 15) is 8.42 Å². The molecule has 7 heteroatoms. The fourth-order valence-corrected chi connectivity index (χ4v) is 5.32. The molecule has 2 fully saturated rings. The van der Waals surface area contributed by atoms with Crippen LogP contribution in [-0.4, -0.2) is 42.2 Å². The van der Waals surface area contributed by atoms with Crippen LogP contribution in [0.25, 0.3) is 0 Å². The van der Waals surface area contributed by atoms with Gasteiger partial charge >= 0.3 is 0 Å². The van der Waals surface area contributed by atoms with Crippen LogP contribution in [0.3, 0.4) is 0 Å². The molecule has 0 bridgehead atoms. The van der Waals surface area contributed by atoms with Gasteiger partial charge in [0.25, 0.3) is 0 Å². The highest BCUT2D eigenvalue weighted by Crippen LogP contribution is 2.30. The van der Waals surface area contributed by atoms with Crippen molar-refractivity contribution in [2.45, 2.75) is 43.5 Å². The molecule has 1 aliphatic carbocycles. The maximum atomic E-state index is 12.5. The summed E-state index contributed by atoms with van der Waals surface area (Å²) in [6, 6.07) is 3.68. The third kappa shape index (κ3) is 3.24. The van der Waals surface area contributed by atoms with Gasteiger partial charge in [-0.15, -0.1) is 0 Å². The quantitative estimate of drug-likeness (QED) is 0.812. The SMILES string of the molecule is O=S(=O)(C1CCCCC1)N1CC(Oc2ncccc2Br)C1. The summed E-state index contributed by atoms with van der Waals surface area (Å²) in [6.07, 6.45) is 6.37. The van der Waals surface area contributed by atoms with Gasteiger partial charge in [-0.05, 0) is 40.9 Å². The summed E-state index contributed by atoms with van der Waals surface area (Å²) in [7, 11) is -3.14. The van der Waals surface area contributed by atoms with Crippen LogP contribution >= 0.6 is 15.9 Å². The molecule has 2 heterocycles. The number of nitrogens with zero attached hydrogens (tertiary/aromatic N) is 2. The topological polar surface area (TPSA) is 59.5 Å². The van der Waals surface area contributed by atoms with Gasteiger partial charge in [0.2, 0.25) is 15.9 Å². The van der Waals surface area contributed by atoms with E-state index in [1.54, 1.807) is 10.5 Å². The van der Waals surface area contributed by atoms with Crippen molar-refractivity contribution in [1.29, 1.82) is 0 Å². The first-order valence-corrected chi connectivity index (χ1v) is 9.63. The van der Waals surface area contributed by atoms with Crippen molar-refractivity contribution < 1.29 is 13.2 Å². The number of aromatic nitrogens is 1. The van der Waals surface area contributed by atoms with E-state index in [-0.39, 0.29) is 11.4 Å². The Bertz CT molecular complexity index is 596. The van der Waals surface area contributed by atoms with Crippen LogP contribution in [-0.2, 0) is 10.0 Å². The number of hydrogen-bond acceptors (Lipinski definition) is 4. The highest BCUT2D eigenvalue weighted by molar-refractivity contribution is 9.10. The molecule has 1 saturated carbocycles. The molecule has 21 heavy (non-hydrogen) atoms. The third-order valence-corrected chi connectivity index (χ3v) is 7.09. The van der Waals surface area contributed by atoms with Crippen molar-refractivity contribution in [3.8, 4) is 5.88 Å². The normalized spacial score (nSPS) is 22.0. The average molecular weight is 375 g/mol. The molecule has 0 amide bonds. The summed E-state index contributed by atoms with van der Waals surface area (Å²) in [5.41, 5.74) is 0. The molecule has 0 aromatic carbocycles. The molecule has 0 N–H and O–H groups in total. The van der Waals surface area contributed by atoms with E-state index in [0.717, 1.165) is 36.6 Å². The van der Waals surface area contributed by atoms with Crippen LogP contribution in [0.2, 0.25) is 0 Å². The van der Waals surface area contributed by atoms with Crippen molar-refractivity contribution >= 4 is 26.0 Å². The molecule has 116 valence electrons. The van der Waals surface area contributed by atoms with Crippen LogP contribution in [0.5, 0.6) is 5.88 Å². The first kappa shape index (κ1) is 15.2. The molecule has 0 atom stereocenters. The first-order valence-electron chi connectivity index (χ1n) is 7.33. The largest absolute Gasteiger partial charge is 0.471 e. The van der Waals surface area contributed by atoms with Gasteiger partial charge in [-0.1, -0.05) is 19.3 Å². The molecule has 5 nitrogen and oxygen atoms in total. The molecule has 1 saturated heterocycles. The van der Waals surface area contributed by atoms with Crippen LogP contribution in [0.15, 0.2) is 22.8 Å². The van der Waals surface area contributed by atoms with Gasteiger partial charge in [-0.3, -0.25) is 0 Å². The minimum absolute atomic E-state index is 0.102. The maximum Gasteiger partial charge on any atom is 0.228 e. The van der Waals surface area contributed by atoms with E-state index in [1.165, 1.54) is 0 Å². The predicted molar refractivity (Wildman–Crippen MR) is 83.7 cm³/mol. The summed E-state index contributed by atoms with van der Waals surface area (Å²) in [5, 5.41) is -0.186. The van der Waals surface area contributed by atoms with Crippen LogP contribution in [0, 0.1) is 0 Å². The molecular weight excluding hydrogens is 356 g/mol. The lowest BCUT2D eigenvalue weighted by molar-refractivity contribution is 0.0703. The van der Waals surface area contributed by atoms with Crippen molar-refractivity contribution in [1.82, 2.24) is 9.29 Å². The molecule has 0 radical (unpaired) electrons. The lowest BCUT2D eigenvalue weighted by Gasteiger charge is -2.40. The smallest absolute Gasteiger partial charge is 0.228 e. The van der Waals surface area contributed by atoms with E-state index < -0.39 is 10.0 Å². The Kier molecular flexibility index (Phi) is 4.51. The Hall–Kier alpha value is -0.660. The zero-order valence-corrected chi connectivity index (χ0v) is 14.1. The monoisotopic (exact) mass is 374 g/mol. The Morgan fingerprint density at radius 3 is 2.62 bits per heavy atom. The lowest BCUT2D eigenvalue weighted by Crippen LogP contribution is -2.58. The molecule has 1 aromatic rings. The van der Waals surface area contributed by atoms with Crippen molar-refractivity contribution in [2.75, 3.05) is 13.1 Å². The van der Waals surface area contributed by atoms with Crippen molar-refractivity contribution in [3.63, 3.8) is 0 Å². The average Bonchev–Trinajstić information content (AvgIpc) is 2.45. The lowest BCUT2D eigenvalue weighted by atomic mass is 10.0. The van der Waals surface area contributed by atoms with Crippen LogP contribution in [0.1, 0.15) is 32.1 Å². The molecular formula is C14H19BrN2O3S. The number of pyridine rings is 1. The number of rotatable bonds is 4. The van der Waals surface area contributed by atoms with E-state index in [2.05, 4.69) is 20.9 Å². The molecule has 0 spiro atoms. The number of sulfonamides is 1. The summed E-state index contributed by atoms with van der Waals surface area (Å²) < 4.78 is 33.0. The fourth-order valence-electron chi connectivity index (χ4n) is 2.87. The summed E-state index contributed by atoms with van der Waals surface area (Å²) in [6.45, 7) is 0.865. The van der Waals surface area contributed by atoms with Gasteiger partial charge in [0.1, 0.15) is 6.10 Å². The Balaban J connectivity index is 1.56. The van der Waals surface area contributed by atoms with E-state index in [0.29, 0.717) is 19.0 Å². The van der Waals surface area contributed by atoms with Gasteiger partial charge in [0.15, 0.2) is 0 Å². The Morgan fingerprint density at radius 1 is 1.24 bits per heavy atom. The molecule has 2 aliphatic rings. The highest BCUT2D eigenvalue weighted by Gasteiger charge is 2.41. The summed E-state index contributed by atoms with van der Waals surface area (Å²) >= 11 is 3.38. The van der Waals surface area contributed by atoms with Crippen molar-refractivity contribution in [3.05, 3.63) is 22.8 Å². The van der Waals surface area contributed by atoms with Gasteiger partial charge < -0.3 is 4.74 Å². The summed E-state index contributed by atoms with van der Waals surface area (Å²) in [5.74, 6) is 0.525. The highest BCUT2D eigenvalue weighted by atomic mass is 79.9. The predicted octanol–water partition coefficient (Wildman–Crippen LogP) is 2.57. The van der Waals surface area contributed by atoms with E-state index >= 15 is 0 Å². The van der Waals surface area contributed by atoms with Crippen LogP contribution in [0.4, 0.5) is 0 Å². The second kappa shape index (κ2) is 6.22. The third-order valence-electron chi connectivity index (χ3n) is 4.15. The number of halogens is 1. The first-order chi connectivity index (χ1) is 10.1. The molecule has 1 aliphatic heterocycles. The molecule has 3 rings (SSSR count). The van der Waals surface area contributed by atoms with Gasteiger partial charge in [-0.25, -0.2) is 13.4 Å². The zero-order chi connectivity index (χ0) is 14.9. The second-order valence-corrected chi connectivity index (χ2v) is 8.72. The van der Waals surface area contributed by atoms with Crippen molar-refractivity contribution in [2.24, 2.45) is 0 Å². The fraction of sp³-hybridized carbons (Fsp3) is 0.643. The number of ether oxygens (including phenoxy) is 1.